The second kappa shape index (κ2) is 3.75. The maximum atomic E-state index is 10.7. The second-order valence-electron chi connectivity index (χ2n) is 2.98. The summed E-state index contributed by atoms with van der Waals surface area (Å²) in [6.07, 6.45) is 3.20. The van der Waals surface area contributed by atoms with E-state index in [0.717, 1.165) is 17.7 Å². The molecule has 1 unspecified atom stereocenters. The van der Waals surface area contributed by atoms with Gasteiger partial charge in [0.1, 0.15) is 0 Å². The molecule has 4 heteroatoms. The number of aryl methyl sites for hydroxylation is 1. The zero-order valence-electron chi connectivity index (χ0n) is 6.93. The minimum Gasteiger partial charge on any atom is -0.481 e. The number of halogens is 1. The van der Waals surface area contributed by atoms with E-state index in [9.17, 15) is 4.79 Å². The lowest BCUT2D eigenvalue weighted by Gasteiger charge is -2.02. The van der Waals surface area contributed by atoms with Crippen molar-refractivity contribution in [2.45, 2.75) is 18.8 Å². The Labute approximate surface area is 82.2 Å². The van der Waals surface area contributed by atoms with Gasteiger partial charge >= 0.3 is 5.97 Å². The van der Waals surface area contributed by atoms with Gasteiger partial charge in [-0.2, -0.15) is 0 Å². The van der Waals surface area contributed by atoms with Gasteiger partial charge in [0.25, 0.3) is 0 Å². The molecule has 0 aliphatic heterocycles. The Morgan fingerprint density at radius 3 is 3.08 bits per heavy atom. The van der Waals surface area contributed by atoms with E-state index in [1.54, 1.807) is 6.20 Å². The van der Waals surface area contributed by atoms with E-state index in [2.05, 4.69) is 4.98 Å². The SMILES string of the molecule is Cl.O=C(O)C1CCc2cccnc21. The highest BCUT2D eigenvalue weighted by Gasteiger charge is 2.28. The van der Waals surface area contributed by atoms with E-state index in [1.807, 2.05) is 12.1 Å². The lowest BCUT2D eigenvalue weighted by Crippen LogP contribution is -2.08. The molecule has 1 N–H and O–H groups in total. The molecule has 1 aromatic heterocycles. The molecular weight excluding hydrogens is 190 g/mol. The van der Waals surface area contributed by atoms with Crippen molar-refractivity contribution in [3.63, 3.8) is 0 Å². The van der Waals surface area contributed by atoms with Crippen LogP contribution < -0.4 is 0 Å². The van der Waals surface area contributed by atoms with Crippen molar-refractivity contribution in [1.29, 1.82) is 0 Å². The number of carboxylic acids is 1. The van der Waals surface area contributed by atoms with E-state index in [0.29, 0.717) is 6.42 Å². The zero-order valence-corrected chi connectivity index (χ0v) is 7.75. The van der Waals surface area contributed by atoms with E-state index in [1.165, 1.54) is 0 Å². The summed E-state index contributed by atoms with van der Waals surface area (Å²) in [5.41, 5.74) is 1.84. The zero-order chi connectivity index (χ0) is 8.55. The van der Waals surface area contributed by atoms with Gasteiger partial charge in [0.05, 0.1) is 11.6 Å². The van der Waals surface area contributed by atoms with Gasteiger partial charge in [-0.25, -0.2) is 0 Å². The van der Waals surface area contributed by atoms with Gasteiger partial charge in [-0.15, -0.1) is 12.4 Å². The summed E-state index contributed by atoms with van der Waals surface area (Å²) in [7, 11) is 0. The first kappa shape index (κ1) is 9.99. The average Bonchev–Trinajstić information content (AvgIpc) is 2.47. The molecule has 13 heavy (non-hydrogen) atoms. The second-order valence-corrected chi connectivity index (χ2v) is 2.98. The molecule has 0 saturated heterocycles. The molecule has 1 atom stereocenters. The van der Waals surface area contributed by atoms with E-state index < -0.39 is 5.97 Å². The third-order valence-electron chi connectivity index (χ3n) is 2.26. The van der Waals surface area contributed by atoms with Crippen LogP contribution in [0.3, 0.4) is 0 Å². The Kier molecular flexibility index (Phi) is 2.88. The summed E-state index contributed by atoms with van der Waals surface area (Å²) < 4.78 is 0. The third kappa shape index (κ3) is 1.65. The van der Waals surface area contributed by atoms with Gasteiger partial charge in [0.2, 0.25) is 0 Å². The number of aromatic nitrogens is 1. The Balaban J connectivity index is 0.000000845. The molecule has 2 rings (SSSR count). The fourth-order valence-electron chi connectivity index (χ4n) is 1.65. The molecule has 0 saturated carbocycles. The van der Waals surface area contributed by atoms with Crippen molar-refractivity contribution in [1.82, 2.24) is 4.98 Å². The Morgan fingerprint density at radius 2 is 2.38 bits per heavy atom. The fraction of sp³-hybridized carbons (Fsp3) is 0.333. The molecule has 0 amide bonds. The molecule has 1 aromatic rings. The number of rotatable bonds is 1. The normalized spacial score (nSPS) is 18.9. The number of carboxylic acid groups (broad SMARTS) is 1. The lowest BCUT2D eigenvalue weighted by molar-refractivity contribution is -0.138. The first-order chi connectivity index (χ1) is 5.79. The van der Waals surface area contributed by atoms with Crippen molar-refractivity contribution in [2.75, 3.05) is 0 Å². The van der Waals surface area contributed by atoms with Gasteiger partial charge < -0.3 is 5.11 Å². The highest BCUT2D eigenvalue weighted by atomic mass is 35.5. The summed E-state index contributed by atoms with van der Waals surface area (Å²) in [6.45, 7) is 0. The van der Waals surface area contributed by atoms with Gasteiger partial charge in [0, 0.05) is 6.20 Å². The van der Waals surface area contributed by atoms with Crippen molar-refractivity contribution in [3.8, 4) is 0 Å². The molecule has 0 radical (unpaired) electrons. The van der Waals surface area contributed by atoms with Crippen LogP contribution in [0.5, 0.6) is 0 Å². The number of carbonyl (C=O) groups is 1. The summed E-state index contributed by atoms with van der Waals surface area (Å²) in [5, 5.41) is 8.82. The fourth-order valence-corrected chi connectivity index (χ4v) is 1.65. The van der Waals surface area contributed by atoms with Crippen molar-refractivity contribution >= 4 is 18.4 Å². The molecule has 0 spiro atoms. The predicted octanol–water partition coefficient (Wildman–Crippen LogP) is 1.62. The average molecular weight is 200 g/mol. The smallest absolute Gasteiger partial charge is 0.312 e. The number of pyridine rings is 1. The van der Waals surface area contributed by atoms with Crippen LogP contribution in [0.15, 0.2) is 18.3 Å². The molecule has 0 fully saturated rings. The van der Waals surface area contributed by atoms with Crippen molar-refractivity contribution in [3.05, 3.63) is 29.6 Å². The van der Waals surface area contributed by atoms with Crippen LogP contribution in [-0.2, 0) is 11.2 Å². The van der Waals surface area contributed by atoms with Gasteiger partial charge in [-0.05, 0) is 24.5 Å². The first-order valence-corrected chi connectivity index (χ1v) is 3.95. The van der Waals surface area contributed by atoms with E-state index >= 15 is 0 Å². The van der Waals surface area contributed by atoms with Crippen molar-refractivity contribution < 1.29 is 9.90 Å². The predicted molar refractivity (Wildman–Crippen MR) is 50.2 cm³/mol. The minimum absolute atomic E-state index is 0. The molecule has 1 aliphatic carbocycles. The van der Waals surface area contributed by atoms with Crippen LogP contribution in [0.25, 0.3) is 0 Å². The number of fused-ring (bicyclic) bond motifs is 1. The maximum absolute atomic E-state index is 10.7. The van der Waals surface area contributed by atoms with Crippen LogP contribution in [0.2, 0.25) is 0 Å². The highest BCUT2D eigenvalue weighted by Crippen LogP contribution is 2.30. The molecule has 0 aromatic carbocycles. The van der Waals surface area contributed by atoms with Gasteiger partial charge in [0.15, 0.2) is 0 Å². The molecule has 70 valence electrons. The Hall–Kier alpha value is -1.09. The largest absolute Gasteiger partial charge is 0.481 e. The lowest BCUT2D eigenvalue weighted by atomic mass is 10.1. The van der Waals surface area contributed by atoms with Crippen LogP contribution >= 0.6 is 12.4 Å². The highest BCUT2D eigenvalue weighted by molar-refractivity contribution is 5.85. The monoisotopic (exact) mass is 199 g/mol. The molecule has 0 bridgehead atoms. The van der Waals surface area contributed by atoms with Crippen LogP contribution in [0.4, 0.5) is 0 Å². The third-order valence-corrected chi connectivity index (χ3v) is 2.26. The Morgan fingerprint density at radius 1 is 1.62 bits per heavy atom. The van der Waals surface area contributed by atoms with E-state index in [4.69, 9.17) is 5.11 Å². The number of hydrogen-bond donors (Lipinski definition) is 1. The molecule has 1 heterocycles. The van der Waals surface area contributed by atoms with E-state index in [-0.39, 0.29) is 18.3 Å². The van der Waals surface area contributed by atoms with Crippen LogP contribution in [-0.4, -0.2) is 16.1 Å². The topological polar surface area (TPSA) is 50.2 Å². The van der Waals surface area contributed by atoms with Crippen LogP contribution in [0, 0.1) is 0 Å². The summed E-state index contributed by atoms with van der Waals surface area (Å²) in [5.74, 6) is -1.13. The maximum Gasteiger partial charge on any atom is 0.312 e. The molecular formula is C9H10ClNO2. The number of aliphatic carboxylic acids is 1. The summed E-state index contributed by atoms with van der Waals surface area (Å²) in [4.78, 5) is 14.8. The minimum atomic E-state index is -0.757. The number of nitrogens with zero attached hydrogens (tertiary/aromatic N) is 1. The Bertz CT molecular complexity index is 327. The summed E-state index contributed by atoms with van der Waals surface area (Å²) >= 11 is 0. The van der Waals surface area contributed by atoms with Crippen molar-refractivity contribution in [2.24, 2.45) is 0 Å². The van der Waals surface area contributed by atoms with Gasteiger partial charge in [-0.1, -0.05) is 6.07 Å². The molecule has 3 nitrogen and oxygen atoms in total. The first-order valence-electron chi connectivity index (χ1n) is 3.95. The molecule has 1 aliphatic rings. The quantitative estimate of drug-likeness (QED) is 0.748. The standard InChI is InChI=1S/C9H9NO2.ClH/c11-9(12)7-4-3-6-2-1-5-10-8(6)7;/h1-2,5,7H,3-4H2,(H,11,12);1H. The summed E-state index contributed by atoms with van der Waals surface area (Å²) in [6, 6.07) is 3.80. The van der Waals surface area contributed by atoms with Crippen LogP contribution in [0.1, 0.15) is 23.6 Å². The van der Waals surface area contributed by atoms with Gasteiger partial charge in [-0.3, -0.25) is 9.78 Å². The number of hydrogen-bond acceptors (Lipinski definition) is 2.